The lowest BCUT2D eigenvalue weighted by Crippen LogP contribution is -2.17. The zero-order chi connectivity index (χ0) is 15.4. The first-order valence-corrected chi connectivity index (χ1v) is 7.00. The highest BCUT2D eigenvalue weighted by atomic mass is 16.6. The fourth-order valence-corrected chi connectivity index (χ4v) is 2.03. The molecule has 5 heteroatoms. The van der Waals surface area contributed by atoms with Crippen LogP contribution in [0.4, 0.5) is 0 Å². The molecule has 1 aromatic heterocycles. The molecule has 5 nitrogen and oxygen atoms in total. The van der Waals surface area contributed by atoms with E-state index in [9.17, 15) is 4.79 Å². The smallest absolute Gasteiger partial charge is 0.349 e. The van der Waals surface area contributed by atoms with Crippen molar-refractivity contribution in [1.82, 2.24) is 4.98 Å². The van der Waals surface area contributed by atoms with Gasteiger partial charge in [0.2, 0.25) is 0 Å². The predicted octanol–water partition coefficient (Wildman–Crippen LogP) is 3.37. The molecule has 0 saturated carbocycles. The van der Waals surface area contributed by atoms with Gasteiger partial charge in [-0.1, -0.05) is 19.1 Å². The third-order valence-electron chi connectivity index (χ3n) is 3.22. The van der Waals surface area contributed by atoms with Crippen molar-refractivity contribution < 1.29 is 18.7 Å². The molecule has 0 aliphatic heterocycles. The maximum atomic E-state index is 11.8. The second-order valence-corrected chi connectivity index (χ2v) is 4.74. The topological polar surface area (TPSA) is 61.6 Å². The van der Waals surface area contributed by atoms with Gasteiger partial charge in [0.15, 0.2) is 18.6 Å². The molecule has 2 aromatic carbocycles. The van der Waals surface area contributed by atoms with Gasteiger partial charge in [0.05, 0.1) is 0 Å². The van der Waals surface area contributed by atoms with Gasteiger partial charge in [-0.05, 0) is 36.2 Å². The number of oxazole rings is 1. The zero-order valence-electron chi connectivity index (χ0n) is 12.1. The predicted molar refractivity (Wildman–Crippen MR) is 81.0 cm³/mol. The molecular formula is C17H15NO4. The molecule has 0 saturated heterocycles. The molecule has 0 bridgehead atoms. The molecule has 0 N–H and O–H groups in total. The van der Waals surface area contributed by atoms with Crippen LogP contribution in [-0.2, 0) is 11.2 Å². The Morgan fingerprint density at radius 3 is 2.68 bits per heavy atom. The van der Waals surface area contributed by atoms with E-state index in [2.05, 4.69) is 11.9 Å². The Morgan fingerprint density at radius 1 is 1.14 bits per heavy atom. The van der Waals surface area contributed by atoms with Gasteiger partial charge in [-0.3, -0.25) is 0 Å². The molecule has 0 aliphatic carbocycles. The number of fused-ring (bicyclic) bond motifs is 1. The molecule has 112 valence electrons. The van der Waals surface area contributed by atoms with Crippen molar-refractivity contribution >= 4 is 17.1 Å². The number of hydrogen-bond acceptors (Lipinski definition) is 5. The van der Waals surface area contributed by atoms with Crippen LogP contribution in [0.5, 0.6) is 11.5 Å². The van der Waals surface area contributed by atoms with Crippen LogP contribution in [0.2, 0.25) is 0 Å². The number of aromatic nitrogens is 1. The number of esters is 1. The second kappa shape index (κ2) is 6.30. The summed E-state index contributed by atoms with van der Waals surface area (Å²) in [4.78, 5) is 15.8. The molecule has 0 atom stereocenters. The normalized spacial score (nSPS) is 10.6. The maximum Gasteiger partial charge on any atom is 0.349 e. The molecule has 0 aliphatic rings. The Labute approximate surface area is 127 Å². The molecule has 22 heavy (non-hydrogen) atoms. The van der Waals surface area contributed by atoms with Gasteiger partial charge in [0, 0.05) is 6.07 Å². The summed E-state index contributed by atoms with van der Waals surface area (Å²) in [6, 6.07) is 12.6. The van der Waals surface area contributed by atoms with Crippen LogP contribution in [0.25, 0.3) is 11.1 Å². The summed E-state index contributed by atoms with van der Waals surface area (Å²) < 4.78 is 15.7. The van der Waals surface area contributed by atoms with Crippen molar-refractivity contribution in [1.29, 1.82) is 0 Å². The average Bonchev–Trinajstić information content (AvgIpc) is 3.01. The van der Waals surface area contributed by atoms with Crippen molar-refractivity contribution in [3.63, 3.8) is 0 Å². The lowest BCUT2D eigenvalue weighted by Gasteiger charge is -2.07. The summed E-state index contributed by atoms with van der Waals surface area (Å²) in [5, 5.41) is 0. The van der Waals surface area contributed by atoms with Gasteiger partial charge in [0.25, 0.3) is 0 Å². The molecule has 0 spiro atoms. The van der Waals surface area contributed by atoms with Crippen LogP contribution in [0.15, 0.2) is 53.3 Å². The van der Waals surface area contributed by atoms with E-state index in [-0.39, 0.29) is 6.61 Å². The summed E-state index contributed by atoms with van der Waals surface area (Å²) in [5.74, 6) is 0.583. The van der Waals surface area contributed by atoms with Crippen LogP contribution in [0.1, 0.15) is 12.5 Å². The number of carbonyl (C=O) groups excluding carboxylic acids is 1. The molecule has 3 aromatic rings. The second-order valence-electron chi connectivity index (χ2n) is 4.74. The number of hydrogen-bond donors (Lipinski definition) is 0. The van der Waals surface area contributed by atoms with Crippen molar-refractivity contribution in [2.75, 3.05) is 6.61 Å². The first-order chi connectivity index (χ1) is 10.7. The molecule has 0 unspecified atom stereocenters. The van der Waals surface area contributed by atoms with Crippen molar-refractivity contribution in [3.05, 3.63) is 54.4 Å². The first kappa shape index (κ1) is 14.1. The van der Waals surface area contributed by atoms with Crippen molar-refractivity contribution in [2.45, 2.75) is 13.3 Å². The van der Waals surface area contributed by atoms with E-state index in [1.165, 1.54) is 12.0 Å². The SMILES string of the molecule is CCc1ccc(OCC(=O)Oc2ccc3ocnc3c2)cc1. The van der Waals surface area contributed by atoms with Gasteiger partial charge in [-0.15, -0.1) is 0 Å². The molecule has 0 radical (unpaired) electrons. The van der Waals surface area contributed by atoms with Gasteiger partial charge in [-0.2, -0.15) is 0 Å². The van der Waals surface area contributed by atoms with Crippen LogP contribution < -0.4 is 9.47 Å². The van der Waals surface area contributed by atoms with E-state index in [0.717, 1.165) is 6.42 Å². The Bertz CT molecular complexity index is 777. The Hall–Kier alpha value is -2.82. The summed E-state index contributed by atoms with van der Waals surface area (Å²) in [6.45, 7) is 1.93. The molecule has 3 rings (SSSR count). The maximum absolute atomic E-state index is 11.8. The van der Waals surface area contributed by atoms with E-state index >= 15 is 0 Å². The standard InChI is InChI=1S/C17H15NO4/c1-2-12-3-5-13(6-4-12)20-10-17(19)22-14-7-8-16-15(9-14)18-11-21-16/h3-9,11H,2,10H2,1H3. The highest BCUT2D eigenvalue weighted by molar-refractivity contribution is 5.78. The number of rotatable bonds is 5. The van der Waals surface area contributed by atoms with Crippen LogP contribution >= 0.6 is 0 Å². The summed E-state index contributed by atoms with van der Waals surface area (Å²) in [5.41, 5.74) is 2.50. The first-order valence-electron chi connectivity index (χ1n) is 7.00. The summed E-state index contributed by atoms with van der Waals surface area (Å²) in [7, 11) is 0. The lowest BCUT2D eigenvalue weighted by atomic mass is 10.2. The number of aryl methyl sites for hydroxylation is 1. The fraction of sp³-hybridized carbons (Fsp3) is 0.176. The fourth-order valence-electron chi connectivity index (χ4n) is 2.03. The van der Waals surface area contributed by atoms with Crippen LogP contribution in [0, 0.1) is 0 Å². The molecule has 0 fully saturated rings. The Balaban J connectivity index is 1.57. The van der Waals surface area contributed by atoms with Crippen molar-refractivity contribution in [2.24, 2.45) is 0 Å². The summed E-state index contributed by atoms with van der Waals surface area (Å²) in [6.07, 6.45) is 2.31. The number of ether oxygens (including phenoxy) is 2. The van der Waals surface area contributed by atoms with E-state index < -0.39 is 5.97 Å². The van der Waals surface area contributed by atoms with E-state index in [1.54, 1.807) is 18.2 Å². The minimum atomic E-state index is -0.470. The van der Waals surface area contributed by atoms with E-state index in [4.69, 9.17) is 13.9 Å². The quantitative estimate of drug-likeness (QED) is 0.533. The highest BCUT2D eigenvalue weighted by Crippen LogP contribution is 2.19. The van der Waals surface area contributed by atoms with Crippen LogP contribution in [0.3, 0.4) is 0 Å². The lowest BCUT2D eigenvalue weighted by molar-refractivity contribution is -0.136. The van der Waals surface area contributed by atoms with E-state index in [0.29, 0.717) is 22.6 Å². The van der Waals surface area contributed by atoms with Gasteiger partial charge >= 0.3 is 5.97 Å². The number of benzene rings is 2. The highest BCUT2D eigenvalue weighted by Gasteiger charge is 2.08. The molecular weight excluding hydrogens is 282 g/mol. The minimum absolute atomic E-state index is 0.150. The molecule has 1 heterocycles. The third-order valence-corrected chi connectivity index (χ3v) is 3.22. The largest absolute Gasteiger partial charge is 0.482 e. The number of carbonyl (C=O) groups is 1. The molecule has 0 amide bonds. The average molecular weight is 297 g/mol. The zero-order valence-corrected chi connectivity index (χ0v) is 12.1. The van der Waals surface area contributed by atoms with E-state index in [1.807, 2.05) is 24.3 Å². The third kappa shape index (κ3) is 3.25. The Kier molecular flexibility index (Phi) is 4.05. The van der Waals surface area contributed by atoms with Crippen molar-refractivity contribution in [3.8, 4) is 11.5 Å². The summed E-state index contributed by atoms with van der Waals surface area (Å²) >= 11 is 0. The van der Waals surface area contributed by atoms with Crippen LogP contribution in [-0.4, -0.2) is 17.6 Å². The number of nitrogens with zero attached hydrogens (tertiary/aromatic N) is 1. The van der Waals surface area contributed by atoms with Gasteiger partial charge in [-0.25, -0.2) is 9.78 Å². The van der Waals surface area contributed by atoms with Gasteiger partial charge < -0.3 is 13.9 Å². The monoisotopic (exact) mass is 297 g/mol. The Morgan fingerprint density at radius 2 is 1.91 bits per heavy atom. The van der Waals surface area contributed by atoms with Gasteiger partial charge in [0.1, 0.15) is 17.0 Å². The minimum Gasteiger partial charge on any atom is -0.482 e.